The van der Waals surface area contributed by atoms with Crippen molar-refractivity contribution in [3.05, 3.63) is 29.8 Å². The van der Waals surface area contributed by atoms with Crippen LogP contribution in [-0.4, -0.2) is 17.8 Å². The molecule has 0 spiro atoms. The smallest absolute Gasteiger partial charge is 0.146 e. The van der Waals surface area contributed by atoms with E-state index in [0.717, 1.165) is 18.2 Å². The molecule has 0 aliphatic heterocycles. The highest BCUT2D eigenvalue weighted by atomic mass is 19.1. The molecule has 0 saturated heterocycles. The van der Waals surface area contributed by atoms with Crippen molar-refractivity contribution in [1.29, 1.82) is 0 Å². The minimum Gasteiger partial charge on any atom is -0.394 e. The molecule has 0 bridgehead atoms. The van der Waals surface area contributed by atoms with Gasteiger partial charge < -0.3 is 10.4 Å². The molecule has 4 heteroatoms. The Balaban J connectivity index is 2.81. The van der Waals surface area contributed by atoms with Gasteiger partial charge in [0.05, 0.1) is 12.3 Å². The van der Waals surface area contributed by atoms with Gasteiger partial charge in [-0.3, -0.25) is 0 Å². The van der Waals surface area contributed by atoms with Crippen molar-refractivity contribution < 1.29 is 13.9 Å². The van der Waals surface area contributed by atoms with Gasteiger partial charge >= 0.3 is 0 Å². The minimum absolute atomic E-state index is 0.0709. The third-order valence-corrected chi connectivity index (χ3v) is 1.60. The van der Waals surface area contributed by atoms with Crippen LogP contribution in [0.4, 0.5) is 14.5 Å². The molecule has 1 aromatic carbocycles. The first kappa shape index (κ1) is 9.92. The Morgan fingerprint density at radius 2 is 2.15 bits per heavy atom. The molecular weight excluding hydrogens is 176 g/mol. The molecule has 1 aromatic rings. The first-order chi connectivity index (χ1) is 6.13. The summed E-state index contributed by atoms with van der Waals surface area (Å²) in [5, 5.41) is 11.3. The van der Waals surface area contributed by atoms with Gasteiger partial charge in [0.2, 0.25) is 0 Å². The van der Waals surface area contributed by atoms with Crippen LogP contribution in [0.25, 0.3) is 0 Å². The van der Waals surface area contributed by atoms with E-state index in [1.54, 1.807) is 6.92 Å². The molecule has 72 valence electrons. The van der Waals surface area contributed by atoms with Crippen molar-refractivity contribution in [3.63, 3.8) is 0 Å². The Bertz CT molecular complexity index is 291. The number of aliphatic hydroxyl groups is 1. The largest absolute Gasteiger partial charge is 0.394 e. The van der Waals surface area contributed by atoms with Gasteiger partial charge in [-0.25, -0.2) is 8.78 Å². The summed E-state index contributed by atoms with van der Waals surface area (Å²) in [4.78, 5) is 0. The fourth-order valence-corrected chi connectivity index (χ4v) is 0.919. The Morgan fingerprint density at radius 1 is 1.46 bits per heavy atom. The lowest BCUT2D eigenvalue weighted by Crippen LogP contribution is -2.20. The quantitative estimate of drug-likeness (QED) is 0.755. The first-order valence-corrected chi connectivity index (χ1v) is 3.96. The summed E-state index contributed by atoms with van der Waals surface area (Å²) in [5.41, 5.74) is 0.0709. The van der Waals surface area contributed by atoms with E-state index in [4.69, 9.17) is 5.11 Å². The lowest BCUT2D eigenvalue weighted by molar-refractivity contribution is 0.281. The molecule has 0 heterocycles. The zero-order valence-corrected chi connectivity index (χ0v) is 7.22. The molecule has 2 N–H and O–H groups in total. The number of anilines is 1. The van der Waals surface area contributed by atoms with E-state index in [2.05, 4.69) is 5.32 Å². The topological polar surface area (TPSA) is 32.3 Å². The van der Waals surface area contributed by atoms with Crippen molar-refractivity contribution in [2.24, 2.45) is 0 Å². The summed E-state index contributed by atoms with van der Waals surface area (Å²) < 4.78 is 25.6. The highest BCUT2D eigenvalue weighted by Gasteiger charge is 2.06. The molecule has 0 aromatic heterocycles. The van der Waals surface area contributed by atoms with E-state index in [0.29, 0.717) is 0 Å². The molecule has 0 radical (unpaired) electrons. The normalized spacial score (nSPS) is 12.6. The summed E-state index contributed by atoms with van der Waals surface area (Å²) in [6.07, 6.45) is 0. The van der Waals surface area contributed by atoms with Crippen LogP contribution in [0.1, 0.15) is 6.92 Å². The Kier molecular flexibility index (Phi) is 3.19. The highest BCUT2D eigenvalue weighted by molar-refractivity contribution is 5.45. The average Bonchev–Trinajstić information content (AvgIpc) is 2.11. The summed E-state index contributed by atoms with van der Waals surface area (Å²) in [6, 6.07) is 2.85. The second-order valence-electron chi connectivity index (χ2n) is 2.85. The molecule has 13 heavy (non-hydrogen) atoms. The van der Waals surface area contributed by atoms with E-state index < -0.39 is 11.6 Å². The Labute approximate surface area is 75.2 Å². The van der Waals surface area contributed by atoms with Gasteiger partial charge in [0.25, 0.3) is 0 Å². The predicted octanol–water partition coefficient (Wildman–Crippen LogP) is 1.76. The van der Waals surface area contributed by atoms with Crippen LogP contribution in [0.3, 0.4) is 0 Å². The van der Waals surface area contributed by atoms with E-state index >= 15 is 0 Å². The molecule has 0 amide bonds. The number of nitrogens with one attached hydrogen (secondary N) is 1. The van der Waals surface area contributed by atoms with Gasteiger partial charge in [-0.05, 0) is 25.1 Å². The van der Waals surface area contributed by atoms with Crippen LogP contribution in [-0.2, 0) is 0 Å². The highest BCUT2D eigenvalue weighted by Crippen LogP contribution is 2.15. The van der Waals surface area contributed by atoms with Gasteiger partial charge in [0, 0.05) is 6.04 Å². The van der Waals surface area contributed by atoms with E-state index in [1.165, 1.54) is 0 Å². The van der Waals surface area contributed by atoms with E-state index in [-0.39, 0.29) is 18.3 Å². The zero-order chi connectivity index (χ0) is 9.84. The number of aliphatic hydroxyl groups excluding tert-OH is 1. The number of hydrogen-bond acceptors (Lipinski definition) is 2. The van der Waals surface area contributed by atoms with Crippen LogP contribution in [0.5, 0.6) is 0 Å². The fraction of sp³-hybridized carbons (Fsp3) is 0.333. The van der Waals surface area contributed by atoms with Gasteiger partial charge in [0.1, 0.15) is 11.6 Å². The van der Waals surface area contributed by atoms with Crippen LogP contribution < -0.4 is 5.32 Å². The third-order valence-electron chi connectivity index (χ3n) is 1.60. The SMILES string of the molecule is CC(CO)Nc1cc(F)ccc1F. The molecule has 1 rings (SSSR count). The van der Waals surface area contributed by atoms with Crippen LogP contribution in [0.2, 0.25) is 0 Å². The minimum atomic E-state index is -0.526. The van der Waals surface area contributed by atoms with E-state index in [1.807, 2.05) is 0 Å². The second kappa shape index (κ2) is 4.18. The van der Waals surface area contributed by atoms with Crippen molar-refractivity contribution in [2.45, 2.75) is 13.0 Å². The van der Waals surface area contributed by atoms with Gasteiger partial charge in [-0.15, -0.1) is 0 Å². The maximum absolute atomic E-state index is 13.0. The van der Waals surface area contributed by atoms with Crippen LogP contribution in [0.15, 0.2) is 18.2 Å². The maximum Gasteiger partial charge on any atom is 0.146 e. The standard InChI is InChI=1S/C9H11F2NO/c1-6(5-13)12-9-4-7(10)2-3-8(9)11/h2-4,6,12-13H,5H2,1H3. The number of rotatable bonds is 3. The summed E-state index contributed by atoms with van der Waals surface area (Å²) >= 11 is 0. The van der Waals surface area contributed by atoms with Crippen molar-refractivity contribution in [3.8, 4) is 0 Å². The molecule has 2 nitrogen and oxygen atoms in total. The third kappa shape index (κ3) is 2.66. The van der Waals surface area contributed by atoms with Gasteiger partial charge in [0.15, 0.2) is 0 Å². The van der Waals surface area contributed by atoms with Crippen molar-refractivity contribution in [2.75, 3.05) is 11.9 Å². The number of hydrogen-bond donors (Lipinski definition) is 2. The average molecular weight is 187 g/mol. The predicted molar refractivity (Wildman–Crippen MR) is 46.5 cm³/mol. The first-order valence-electron chi connectivity index (χ1n) is 3.96. The lowest BCUT2D eigenvalue weighted by Gasteiger charge is -2.12. The van der Waals surface area contributed by atoms with Gasteiger partial charge in [-0.2, -0.15) is 0 Å². The molecule has 0 fully saturated rings. The molecule has 1 unspecified atom stereocenters. The Morgan fingerprint density at radius 3 is 2.77 bits per heavy atom. The number of halogens is 2. The lowest BCUT2D eigenvalue weighted by atomic mass is 10.2. The molecule has 0 aliphatic rings. The van der Waals surface area contributed by atoms with Crippen molar-refractivity contribution >= 4 is 5.69 Å². The van der Waals surface area contributed by atoms with Gasteiger partial charge in [-0.1, -0.05) is 0 Å². The molecule has 0 aliphatic carbocycles. The summed E-state index contributed by atoms with van der Waals surface area (Å²) in [7, 11) is 0. The summed E-state index contributed by atoms with van der Waals surface area (Å²) in [5.74, 6) is -1.03. The maximum atomic E-state index is 13.0. The van der Waals surface area contributed by atoms with Crippen LogP contribution in [0, 0.1) is 11.6 Å². The van der Waals surface area contributed by atoms with Crippen molar-refractivity contribution in [1.82, 2.24) is 0 Å². The number of benzene rings is 1. The monoisotopic (exact) mass is 187 g/mol. The van der Waals surface area contributed by atoms with E-state index in [9.17, 15) is 8.78 Å². The molecular formula is C9H11F2NO. The van der Waals surface area contributed by atoms with Crippen LogP contribution >= 0.6 is 0 Å². The zero-order valence-electron chi connectivity index (χ0n) is 7.22. The Hall–Kier alpha value is -1.16. The fourth-order valence-electron chi connectivity index (χ4n) is 0.919. The second-order valence-corrected chi connectivity index (χ2v) is 2.85. The molecule has 1 atom stereocenters. The summed E-state index contributed by atoms with van der Waals surface area (Å²) in [6.45, 7) is 1.54. The molecule has 0 saturated carbocycles.